The number of rotatable bonds is 6. The number of methoxy groups -OCH3 is 3. The Labute approximate surface area is 156 Å². The molecule has 1 amide bonds. The predicted molar refractivity (Wildman–Crippen MR) is 100 cm³/mol. The molecule has 7 heteroatoms. The molecule has 1 N–H and O–H groups in total. The van der Waals surface area contributed by atoms with E-state index in [2.05, 4.69) is 5.32 Å². The van der Waals surface area contributed by atoms with Gasteiger partial charge in [0.05, 0.1) is 32.0 Å². The molecule has 0 unspecified atom stereocenters. The quantitative estimate of drug-likeness (QED) is 0.738. The zero-order chi connectivity index (χ0) is 18.4. The van der Waals surface area contributed by atoms with Gasteiger partial charge in [0.1, 0.15) is 17.2 Å². The Morgan fingerprint density at radius 2 is 1.80 bits per heavy atom. The molecule has 132 valence electrons. The van der Waals surface area contributed by atoms with Crippen molar-refractivity contribution in [3.8, 4) is 17.2 Å². The van der Waals surface area contributed by atoms with E-state index in [1.807, 2.05) is 0 Å². The van der Waals surface area contributed by atoms with Crippen molar-refractivity contribution in [2.24, 2.45) is 0 Å². The number of ether oxygens (including phenoxy) is 3. The highest BCUT2D eigenvalue weighted by molar-refractivity contribution is 6.36. The number of amides is 1. The summed E-state index contributed by atoms with van der Waals surface area (Å²) >= 11 is 12.1. The number of anilines is 1. The molecule has 0 saturated carbocycles. The van der Waals surface area contributed by atoms with Crippen molar-refractivity contribution in [2.75, 3.05) is 26.6 Å². The molecule has 0 aliphatic heterocycles. The minimum atomic E-state index is -0.357. The summed E-state index contributed by atoms with van der Waals surface area (Å²) in [5.74, 6) is 1.20. The second-order valence-corrected chi connectivity index (χ2v) is 5.74. The molecular weight excluding hydrogens is 365 g/mol. The van der Waals surface area contributed by atoms with E-state index in [0.717, 1.165) is 0 Å². The summed E-state index contributed by atoms with van der Waals surface area (Å²) in [5, 5.41) is 3.55. The maximum atomic E-state index is 12.2. The van der Waals surface area contributed by atoms with Gasteiger partial charge < -0.3 is 19.5 Å². The Bertz CT molecular complexity index is 806. The molecule has 0 aromatic heterocycles. The molecular formula is C18H17Cl2NO4. The van der Waals surface area contributed by atoms with Crippen molar-refractivity contribution < 1.29 is 19.0 Å². The maximum absolute atomic E-state index is 12.2. The first-order chi connectivity index (χ1) is 12.0. The molecule has 0 aliphatic rings. The second kappa shape index (κ2) is 8.65. The average molecular weight is 382 g/mol. The molecule has 0 atom stereocenters. The number of halogens is 2. The van der Waals surface area contributed by atoms with Crippen LogP contribution in [0.5, 0.6) is 17.2 Å². The van der Waals surface area contributed by atoms with Crippen molar-refractivity contribution in [3.05, 3.63) is 52.0 Å². The van der Waals surface area contributed by atoms with Gasteiger partial charge in [0.25, 0.3) is 0 Å². The average Bonchev–Trinajstić information content (AvgIpc) is 2.59. The Morgan fingerprint density at radius 1 is 1.04 bits per heavy atom. The number of hydrogen-bond acceptors (Lipinski definition) is 4. The van der Waals surface area contributed by atoms with Gasteiger partial charge in [-0.25, -0.2) is 0 Å². The third-order valence-electron chi connectivity index (χ3n) is 3.32. The molecule has 0 radical (unpaired) electrons. The van der Waals surface area contributed by atoms with Crippen LogP contribution in [0.2, 0.25) is 10.0 Å². The Hall–Kier alpha value is -2.37. The Balaban J connectivity index is 2.22. The third-order valence-corrected chi connectivity index (χ3v) is 3.82. The lowest BCUT2D eigenvalue weighted by Gasteiger charge is -2.11. The fraction of sp³-hybridized carbons (Fsp3) is 0.167. The fourth-order valence-electron chi connectivity index (χ4n) is 2.17. The van der Waals surface area contributed by atoms with Crippen molar-refractivity contribution in [3.63, 3.8) is 0 Å². The van der Waals surface area contributed by atoms with E-state index in [-0.39, 0.29) is 5.91 Å². The summed E-state index contributed by atoms with van der Waals surface area (Å²) < 4.78 is 15.6. The minimum absolute atomic E-state index is 0.357. The van der Waals surface area contributed by atoms with Gasteiger partial charge in [-0.1, -0.05) is 23.2 Å². The molecule has 2 aromatic carbocycles. The van der Waals surface area contributed by atoms with Gasteiger partial charge in [-0.05, 0) is 30.3 Å². The molecule has 2 rings (SSSR count). The van der Waals surface area contributed by atoms with Crippen molar-refractivity contribution >= 4 is 40.9 Å². The molecule has 0 bridgehead atoms. The van der Waals surface area contributed by atoms with Crippen LogP contribution in [-0.4, -0.2) is 27.2 Å². The lowest BCUT2D eigenvalue weighted by Crippen LogP contribution is -2.09. The van der Waals surface area contributed by atoms with Gasteiger partial charge in [0.2, 0.25) is 5.91 Å². The minimum Gasteiger partial charge on any atom is -0.497 e. The third kappa shape index (κ3) is 4.81. The van der Waals surface area contributed by atoms with Crippen LogP contribution >= 0.6 is 23.2 Å². The zero-order valence-corrected chi connectivity index (χ0v) is 15.4. The van der Waals surface area contributed by atoms with Crippen LogP contribution in [0.4, 0.5) is 5.69 Å². The summed E-state index contributed by atoms with van der Waals surface area (Å²) in [5.41, 5.74) is 1.08. The van der Waals surface area contributed by atoms with E-state index in [9.17, 15) is 4.79 Å². The Kier molecular flexibility index (Phi) is 6.56. The maximum Gasteiger partial charge on any atom is 0.248 e. The van der Waals surface area contributed by atoms with Crippen LogP contribution in [0.25, 0.3) is 6.08 Å². The SMILES string of the molecule is COc1ccc(OC)c(NC(=O)/C=C/c2cc(Cl)cc(Cl)c2OC)c1. The molecule has 25 heavy (non-hydrogen) atoms. The van der Waals surface area contributed by atoms with Gasteiger partial charge in [0.15, 0.2) is 0 Å². The topological polar surface area (TPSA) is 56.8 Å². The summed E-state index contributed by atoms with van der Waals surface area (Å²) in [7, 11) is 4.56. The van der Waals surface area contributed by atoms with Gasteiger partial charge in [-0.2, -0.15) is 0 Å². The summed E-state index contributed by atoms with van der Waals surface area (Å²) in [6, 6.07) is 8.34. The highest BCUT2D eigenvalue weighted by Gasteiger charge is 2.10. The lowest BCUT2D eigenvalue weighted by molar-refractivity contribution is -0.111. The highest BCUT2D eigenvalue weighted by Crippen LogP contribution is 2.33. The van der Waals surface area contributed by atoms with E-state index in [4.69, 9.17) is 37.4 Å². The van der Waals surface area contributed by atoms with Crippen LogP contribution in [0.1, 0.15) is 5.56 Å². The van der Waals surface area contributed by atoms with Crippen LogP contribution in [0.15, 0.2) is 36.4 Å². The first kappa shape index (κ1) is 19.0. The first-order valence-corrected chi connectivity index (χ1v) is 7.98. The van der Waals surface area contributed by atoms with Crippen LogP contribution in [-0.2, 0) is 4.79 Å². The van der Waals surface area contributed by atoms with Crippen molar-refractivity contribution in [1.29, 1.82) is 0 Å². The predicted octanol–water partition coefficient (Wildman–Crippen LogP) is 4.67. The lowest BCUT2D eigenvalue weighted by atomic mass is 10.2. The van der Waals surface area contributed by atoms with E-state index < -0.39 is 0 Å². The number of benzene rings is 2. The van der Waals surface area contributed by atoms with Gasteiger partial charge in [-0.15, -0.1) is 0 Å². The summed E-state index contributed by atoms with van der Waals surface area (Å²) in [4.78, 5) is 12.2. The second-order valence-electron chi connectivity index (χ2n) is 4.90. The van der Waals surface area contributed by atoms with Crippen molar-refractivity contribution in [1.82, 2.24) is 0 Å². The zero-order valence-electron chi connectivity index (χ0n) is 13.9. The van der Waals surface area contributed by atoms with E-state index in [1.54, 1.807) is 43.5 Å². The molecule has 5 nitrogen and oxygen atoms in total. The molecule has 0 aliphatic carbocycles. The smallest absolute Gasteiger partial charge is 0.248 e. The summed E-state index contributed by atoms with van der Waals surface area (Å²) in [6.07, 6.45) is 2.92. The van der Waals surface area contributed by atoms with Crippen molar-refractivity contribution in [2.45, 2.75) is 0 Å². The molecule has 0 saturated heterocycles. The standard InChI is InChI=1S/C18H17Cl2NO4/c1-23-13-5-6-16(24-2)15(10-13)21-17(22)7-4-11-8-12(19)9-14(20)18(11)25-3/h4-10H,1-3H3,(H,21,22)/b7-4+. The van der Waals surface area contributed by atoms with E-state index in [0.29, 0.717) is 38.5 Å². The van der Waals surface area contributed by atoms with E-state index >= 15 is 0 Å². The normalized spacial score (nSPS) is 10.6. The molecule has 0 spiro atoms. The van der Waals surface area contributed by atoms with E-state index in [1.165, 1.54) is 20.3 Å². The van der Waals surface area contributed by atoms with Gasteiger partial charge in [-0.3, -0.25) is 4.79 Å². The largest absolute Gasteiger partial charge is 0.497 e. The fourth-order valence-corrected chi connectivity index (χ4v) is 2.76. The van der Waals surface area contributed by atoms with Gasteiger partial charge in [0, 0.05) is 22.7 Å². The van der Waals surface area contributed by atoms with Crippen LogP contribution < -0.4 is 19.5 Å². The molecule has 2 aromatic rings. The monoisotopic (exact) mass is 381 g/mol. The number of nitrogens with one attached hydrogen (secondary N) is 1. The number of carbonyl (C=O) groups excluding carboxylic acids is 1. The molecule has 0 heterocycles. The van der Waals surface area contributed by atoms with Gasteiger partial charge >= 0.3 is 0 Å². The highest BCUT2D eigenvalue weighted by atomic mass is 35.5. The first-order valence-electron chi connectivity index (χ1n) is 7.22. The number of hydrogen-bond donors (Lipinski definition) is 1. The summed E-state index contributed by atoms with van der Waals surface area (Å²) in [6.45, 7) is 0. The number of carbonyl (C=O) groups is 1. The van der Waals surface area contributed by atoms with Crippen LogP contribution in [0, 0.1) is 0 Å². The van der Waals surface area contributed by atoms with Crippen LogP contribution in [0.3, 0.4) is 0 Å². The molecule has 0 fully saturated rings. The Morgan fingerprint density at radius 3 is 2.44 bits per heavy atom.